The van der Waals surface area contributed by atoms with Crippen LogP contribution in [0.5, 0.6) is 0 Å². The van der Waals surface area contributed by atoms with Crippen molar-refractivity contribution in [3.63, 3.8) is 0 Å². The molecule has 156 valence electrons. The van der Waals surface area contributed by atoms with Gasteiger partial charge in [0, 0.05) is 39.1 Å². The van der Waals surface area contributed by atoms with E-state index in [9.17, 15) is 9.59 Å². The molecule has 0 unspecified atom stereocenters. The van der Waals surface area contributed by atoms with Gasteiger partial charge < -0.3 is 15.0 Å². The fourth-order valence-corrected chi connectivity index (χ4v) is 3.22. The largest absolute Gasteiger partial charge is 0.444 e. The molecule has 0 spiro atoms. The Morgan fingerprint density at radius 1 is 1.14 bits per heavy atom. The standard InChI is InChI=1S/C22H35N3O3/c1-18-7-5-8-19(17-18)9-10-20(26)23-11-6-12-24-13-15-25(16-14-24)21(27)28-22(2,3)4/h5,7-8,17H,6,9-16H2,1-4H3,(H,23,26). The van der Waals surface area contributed by atoms with Crippen molar-refractivity contribution in [2.24, 2.45) is 0 Å². The van der Waals surface area contributed by atoms with Crippen molar-refractivity contribution in [3.8, 4) is 0 Å². The van der Waals surface area contributed by atoms with Crippen molar-refractivity contribution in [1.29, 1.82) is 0 Å². The Hall–Kier alpha value is -2.08. The highest BCUT2D eigenvalue weighted by atomic mass is 16.6. The molecule has 6 nitrogen and oxygen atoms in total. The summed E-state index contributed by atoms with van der Waals surface area (Å²) in [4.78, 5) is 28.2. The molecular formula is C22H35N3O3. The van der Waals surface area contributed by atoms with Crippen molar-refractivity contribution in [3.05, 3.63) is 35.4 Å². The van der Waals surface area contributed by atoms with Crippen LogP contribution in [0.2, 0.25) is 0 Å². The second-order valence-corrected chi connectivity index (χ2v) is 8.50. The third kappa shape index (κ3) is 8.30. The number of aryl methyl sites for hydroxylation is 2. The van der Waals surface area contributed by atoms with Gasteiger partial charge in [-0.1, -0.05) is 29.8 Å². The average molecular weight is 390 g/mol. The maximum absolute atomic E-state index is 12.1. The minimum Gasteiger partial charge on any atom is -0.444 e. The number of nitrogens with one attached hydrogen (secondary N) is 1. The van der Waals surface area contributed by atoms with E-state index in [-0.39, 0.29) is 12.0 Å². The summed E-state index contributed by atoms with van der Waals surface area (Å²) < 4.78 is 5.42. The molecule has 0 saturated carbocycles. The number of ether oxygens (including phenoxy) is 1. The smallest absolute Gasteiger partial charge is 0.410 e. The molecule has 1 aromatic rings. The van der Waals surface area contributed by atoms with Gasteiger partial charge in [0.05, 0.1) is 0 Å². The zero-order valence-corrected chi connectivity index (χ0v) is 17.8. The molecule has 0 aliphatic carbocycles. The number of nitrogens with zero attached hydrogens (tertiary/aromatic N) is 2. The second kappa shape index (κ2) is 10.5. The van der Waals surface area contributed by atoms with Crippen molar-refractivity contribution in [2.45, 2.75) is 52.6 Å². The summed E-state index contributed by atoms with van der Waals surface area (Å²) in [5.41, 5.74) is 1.98. The Kier molecular flexibility index (Phi) is 8.30. The Morgan fingerprint density at radius 3 is 2.50 bits per heavy atom. The minimum absolute atomic E-state index is 0.108. The van der Waals surface area contributed by atoms with Gasteiger partial charge in [-0.15, -0.1) is 0 Å². The van der Waals surface area contributed by atoms with E-state index in [1.165, 1.54) is 11.1 Å². The summed E-state index contributed by atoms with van der Waals surface area (Å²) in [6.45, 7) is 12.4. The number of carbonyl (C=O) groups excluding carboxylic acids is 2. The first-order valence-corrected chi connectivity index (χ1v) is 10.3. The van der Waals surface area contributed by atoms with Gasteiger partial charge in [0.25, 0.3) is 0 Å². The van der Waals surface area contributed by atoms with Crippen LogP contribution in [0.4, 0.5) is 4.79 Å². The van der Waals surface area contributed by atoms with E-state index >= 15 is 0 Å². The van der Waals surface area contributed by atoms with Crippen molar-refractivity contribution < 1.29 is 14.3 Å². The third-order valence-electron chi connectivity index (χ3n) is 4.72. The first-order chi connectivity index (χ1) is 13.2. The summed E-state index contributed by atoms with van der Waals surface area (Å²) in [5, 5.41) is 3.01. The third-order valence-corrected chi connectivity index (χ3v) is 4.72. The molecule has 2 amide bonds. The molecule has 1 saturated heterocycles. The molecule has 2 rings (SSSR count). The van der Waals surface area contributed by atoms with Gasteiger partial charge in [-0.25, -0.2) is 4.79 Å². The van der Waals surface area contributed by atoms with Gasteiger partial charge in [0.15, 0.2) is 0 Å². The van der Waals surface area contributed by atoms with Gasteiger partial charge in [-0.3, -0.25) is 9.69 Å². The summed E-state index contributed by atoms with van der Waals surface area (Å²) in [6.07, 6.45) is 1.99. The molecule has 0 atom stereocenters. The lowest BCUT2D eigenvalue weighted by Gasteiger charge is -2.35. The minimum atomic E-state index is -0.453. The first kappa shape index (κ1) is 22.2. The highest BCUT2D eigenvalue weighted by molar-refractivity contribution is 5.76. The maximum Gasteiger partial charge on any atom is 0.410 e. The fraction of sp³-hybridized carbons (Fsp3) is 0.636. The van der Waals surface area contributed by atoms with E-state index < -0.39 is 5.60 Å². The van der Waals surface area contributed by atoms with Gasteiger partial charge in [-0.05, 0) is 52.6 Å². The van der Waals surface area contributed by atoms with Crippen LogP contribution in [0, 0.1) is 6.92 Å². The van der Waals surface area contributed by atoms with E-state index in [2.05, 4.69) is 35.3 Å². The monoisotopic (exact) mass is 389 g/mol. The van der Waals surface area contributed by atoms with E-state index in [0.29, 0.717) is 26.1 Å². The van der Waals surface area contributed by atoms with E-state index in [4.69, 9.17) is 4.74 Å². The zero-order valence-electron chi connectivity index (χ0n) is 17.8. The van der Waals surface area contributed by atoms with Crippen LogP contribution in [0.25, 0.3) is 0 Å². The number of piperazine rings is 1. The molecule has 0 aromatic heterocycles. The molecule has 1 N–H and O–H groups in total. The Morgan fingerprint density at radius 2 is 1.86 bits per heavy atom. The van der Waals surface area contributed by atoms with Crippen molar-refractivity contribution in [2.75, 3.05) is 39.3 Å². The summed E-state index contributed by atoms with van der Waals surface area (Å²) >= 11 is 0. The SMILES string of the molecule is Cc1cccc(CCC(=O)NCCCN2CCN(C(=O)OC(C)(C)C)CC2)c1. The molecule has 1 heterocycles. The molecular weight excluding hydrogens is 354 g/mol. The average Bonchev–Trinajstić information content (AvgIpc) is 2.63. The summed E-state index contributed by atoms with van der Waals surface area (Å²) in [5.74, 6) is 0.108. The van der Waals surface area contributed by atoms with Crippen LogP contribution < -0.4 is 5.32 Å². The van der Waals surface area contributed by atoms with Gasteiger partial charge in [0.1, 0.15) is 5.60 Å². The van der Waals surface area contributed by atoms with Crippen LogP contribution in [-0.2, 0) is 16.0 Å². The van der Waals surface area contributed by atoms with Gasteiger partial charge >= 0.3 is 6.09 Å². The second-order valence-electron chi connectivity index (χ2n) is 8.50. The predicted molar refractivity (Wildman–Crippen MR) is 111 cm³/mol. The number of amides is 2. The Balaban J connectivity index is 1.55. The number of hydrogen-bond donors (Lipinski definition) is 1. The molecule has 1 aromatic carbocycles. The highest BCUT2D eigenvalue weighted by Gasteiger charge is 2.25. The zero-order chi connectivity index (χ0) is 20.6. The molecule has 0 bridgehead atoms. The van der Waals surface area contributed by atoms with Gasteiger partial charge in [0.2, 0.25) is 5.91 Å². The predicted octanol–water partition coefficient (Wildman–Crippen LogP) is 2.99. The molecule has 28 heavy (non-hydrogen) atoms. The van der Waals surface area contributed by atoms with Crippen LogP contribution in [0.15, 0.2) is 24.3 Å². The van der Waals surface area contributed by atoms with Crippen molar-refractivity contribution >= 4 is 12.0 Å². The van der Waals surface area contributed by atoms with Crippen molar-refractivity contribution in [1.82, 2.24) is 15.1 Å². The van der Waals surface area contributed by atoms with Crippen LogP contribution in [0.1, 0.15) is 44.7 Å². The normalized spacial score (nSPS) is 15.4. The molecule has 1 aliphatic rings. The van der Waals surface area contributed by atoms with Crippen LogP contribution >= 0.6 is 0 Å². The lowest BCUT2D eigenvalue weighted by atomic mass is 10.1. The number of hydrogen-bond acceptors (Lipinski definition) is 4. The first-order valence-electron chi connectivity index (χ1n) is 10.3. The Bertz CT molecular complexity index is 647. The van der Waals surface area contributed by atoms with Crippen LogP contribution in [-0.4, -0.2) is 66.7 Å². The Labute approximate surface area is 169 Å². The quantitative estimate of drug-likeness (QED) is 0.729. The molecule has 1 fully saturated rings. The lowest BCUT2D eigenvalue weighted by Crippen LogP contribution is -2.50. The number of rotatable bonds is 7. The van der Waals surface area contributed by atoms with E-state index in [1.54, 1.807) is 4.90 Å². The summed E-state index contributed by atoms with van der Waals surface area (Å²) in [7, 11) is 0. The molecule has 1 aliphatic heterocycles. The van der Waals surface area contributed by atoms with E-state index in [1.807, 2.05) is 26.8 Å². The lowest BCUT2D eigenvalue weighted by molar-refractivity contribution is -0.121. The highest BCUT2D eigenvalue weighted by Crippen LogP contribution is 2.12. The fourth-order valence-electron chi connectivity index (χ4n) is 3.22. The van der Waals surface area contributed by atoms with Crippen LogP contribution in [0.3, 0.4) is 0 Å². The molecule has 0 radical (unpaired) electrons. The van der Waals surface area contributed by atoms with E-state index in [0.717, 1.165) is 32.5 Å². The molecule has 6 heteroatoms. The topological polar surface area (TPSA) is 61.9 Å². The summed E-state index contributed by atoms with van der Waals surface area (Å²) in [6, 6.07) is 8.30. The number of carbonyl (C=O) groups is 2. The number of benzene rings is 1. The maximum atomic E-state index is 12.1. The van der Waals surface area contributed by atoms with Gasteiger partial charge in [-0.2, -0.15) is 0 Å².